The number of hydrogen-bond donors (Lipinski definition) is 2. The van der Waals surface area contributed by atoms with E-state index < -0.39 is 6.61 Å². The topological polar surface area (TPSA) is 66.0 Å². The zero-order valence-electron chi connectivity index (χ0n) is 17.5. The van der Waals surface area contributed by atoms with Crippen molar-refractivity contribution >= 4 is 47.4 Å². The van der Waals surface area contributed by atoms with E-state index in [1.54, 1.807) is 33.3 Å². The molecule has 0 spiro atoms. The molecule has 0 heterocycles. The highest BCUT2D eigenvalue weighted by Crippen LogP contribution is 2.24. The van der Waals surface area contributed by atoms with Gasteiger partial charge in [-0.25, -0.2) is 0 Å². The largest absolute Gasteiger partial charge is 0.434 e. The molecule has 0 aliphatic rings. The number of aliphatic imine (C=N–C) groups is 1. The molecule has 2 aromatic carbocycles. The van der Waals surface area contributed by atoms with Crippen LogP contribution in [0.2, 0.25) is 5.02 Å². The second-order valence-corrected chi connectivity index (χ2v) is 7.07. The summed E-state index contributed by atoms with van der Waals surface area (Å²) in [6.07, 6.45) is 0.673. The molecule has 170 valence electrons. The third-order valence-electron chi connectivity index (χ3n) is 4.19. The lowest BCUT2D eigenvalue weighted by Crippen LogP contribution is -2.38. The molecule has 0 saturated heterocycles. The Morgan fingerprint density at radius 3 is 2.58 bits per heavy atom. The summed E-state index contributed by atoms with van der Waals surface area (Å²) in [6, 6.07) is 11.9. The molecule has 1 amide bonds. The summed E-state index contributed by atoms with van der Waals surface area (Å²) in [5.74, 6) is 0.504. The van der Waals surface area contributed by atoms with Gasteiger partial charge in [0.25, 0.3) is 5.91 Å². The lowest BCUT2D eigenvalue weighted by Gasteiger charge is -2.15. The smallest absolute Gasteiger partial charge is 0.387 e. The fourth-order valence-electron chi connectivity index (χ4n) is 2.74. The third kappa shape index (κ3) is 8.86. The summed E-state index contributed by atoms with van der Waals surface area (Å²) >= 11 is 5.96. The van der Waals surface area contributed by atoms with Gasteiger partial charge < -0.3 is 20.3 Å². The van der Waals surface area contributed by atoms with Gasteiger partial charge in [0.15, 0.2) is 5.96 Å². The highest BCUT2D eigenvalue weighted by Gasteiger charge is 2.11. The molecule has 0 aliphatic carbocycles. The summed E-state index contributed by atoms with van der Waals surface area (Å²) < 4.78 is 29.7. The molecule has 0 radical (unpaired) electrons. The van der Waals surface area contributed by atoms with Crippen LogP contribution in [0.25, 0.3) is 0 Å². The van der Waals surface area contributed by atoms with Crippen LogP contribution in [0, 0.1) is 0 Å². The van der Waals surface area contributed by atoms with Crippen molar-refractivity contribution in [2.75, 3.05) is 27.7 Å². The minimum absolute atomic E-state index is 0. The second kappa shape index (κ2) is 13.3. The predicted molar refractivity (Wildman–Crippen MR) is 130 cm³/mol. The number of halogens is 4. The standard InChI is InChI=1S/C21H25ClF2N4O2.HI/c1-25-21(27-13-16-12-17(22)7-8-18(16)30-20(23)24)26-10-9-14-5-4-6-15(11-14)19(29)28(2)3;/h4-8,11-12,20H,9-10,13H2,1-3H3,(H2,25,26,27);1H. The predicted octanol–water partition coefficient (Wildman–Crippen LogP) is 4.17. The minimum atomic E-state index is -2.92. The van der Waals surface area contributed by atoms with E-state index in [1.807, 2.05) is 18.2 Å². The molecule has 2 rings (SSSR count). The molecule has 0 saturated carbocycles. The van der Waals surface area contributed by atoms with Crippen LogP contribution < -0.4 is 15.4 Å². The number of nitrogens with one attached hydrogen (secondary N) is 2. The Kier molecular flexibility index (Phi) is 11.5. The fourth-order valence-corrected chi connectivity index (χ4v) is 2.93. The van der Waals surface area contributed by atoms with Crippen LogP contribution in [-0.4, -0.2) is 51.1 Å². The average molecular weight is 567 g/mol. The van der Waals surface area contributed by atoms with Gasteiger partial charge in [-0.3, -0.25) is 9.79 Å². The van der Waals surface area contributed by atoms with Crippen molar-refractivity contribution < 1.29 is 18.3 Å². The van der Waals surface area contributed by atoms with E-state index in [2.05, 4.69) is 20.4 Å². The quantitative estimate of drug-likeness (QED) is 0.286. The molecule has 0 fully saturated rings. The summed E-state index contributed by atoms with van der Waals surface area (Å²) in [7, 11) is 5.04. The molecule has 0 atom stereocenters. The molecule has 0 unspecified atom stereocenters. The van der Waals surface area contributed by atoms with Crippen molar-refractivity contribution in [3.05, 3.63) is 64.2 Å². The second-order valence-electron chi connectivity index (χ2n) is 6.63. The Labute approximate surface area is 203 Å². The van der Waals surface area contributed by atoms with Crippen LogP contribution in [0.15, 0.2) is 47.5 Å². The van der Waals surface area contributed by atoms with E-state index in [1.165, 1.54) is 17.0 Å². The average Bonchev–Trinajstić information content (AvgIpc) is 2.71. The van der Waals surface area contributed by atoms with E-state index in [0.29, 0.717) is 35.1 Å². The van der Waals surface area contributed by atoms with Gasteiger partial charge in [-0.05, 0) is 42.3 Å². The lowest BCUT2D eigenvalue weighted by atomic mass is 10.1. The molecule has 2 N–H and O–H groups in total. The molecule has 0 aromatic heterocycles. The molecule has 6 nitrogen and oxygen atoms in total. The number of carbonyl (C=O) groups is 1. The zero-order chi connectivity index (χ0) is 22.1. The maximum Gasteiger partial charge on any atom is 0.387 e. The Hall–Kier alpha value is -2.14. The number of benzene rings is 2. The first-order valence-electron chi connectivity index (χ1n) is 9.28. The van der Waals surface area contributed by atoms with Crippen LogP contribution in [0.5, 0.6) is 5.75 Å². The van der Waals surface area contributed by atoms with Gasteiger partial charge in [-0.1, -0.05) is 23.7 Å². The van der Waals surface area contributed by atoms with E-state index >= 15 is 0 Å². The van der Waals surface area contributed by atoms with Gasteiger partial charge in [-0.15, -0.1) is 24.0 Å². The number of nitrogens with zero attached hydrogens (tertiary/aromatic N) is 2. The van der Waals surface area contributed by atoms with E-state index in [4.69, 9.17) is 11.6 Å². The van der Waals surface area contributed by atoms with Gasteiger partial charge in [0.05, 0.1) is 0 Å². The zero-order valence-corrected chi connectivity index (χ0v) is 20.6. The van der Waals surface area contributed by atoms with Gasteiger partial charge >= 0.3 is 6.61 Å². The summed E-state index contributed by atoms with van der Waals surface area (Å²) in [5, 5.41) is 6.63. The number of guanidine groups is 1. The van der Waals surface area contributed by atoms with Crippen LogP contribution >= 0.6 is 35.6 Å². The van der Waals surface area contributed by atoms with Crippen molar-refractivity contribution in [1.82, 2.24) is 15.5 Å². The molecule has 31 heavy (non-hydrogen) atoms. The van der Waals surface area contributed by atoms with Gasteiger partial charge in [-0.2, -0.15) is 8.78 Å². The molecular weight excluding hydrogens is 541 g/mol. The lowest BCUT2D eigenvalue weighted by molar-refractivity contribution is -0.0504. The Bertz CT molecular complexity index is 897. The van der Waals surface area contributed by atoms with Crippen LogP contribution in [0.4, 0.5) is 8.78 Å². The number of rotatable bonds is 8. The molecule has 10 heteroatoms. The number of hydrogen-bond acceptors (Lipinski definition) is 3. The maximum atomic E-state index is 12.6. The first-order valence-corrected chi connectivity index (χ1v) is 9.66. The fraction of sp³-hybridized carbons (Fsp3) is 0.333. The normalized spacial score (nSPS) is 11.0. The molecule has 0 bridgehead atoms. The summed E-state index contributed by atoms with van der Waals surface area (Å²) in [6.45, 7) is -2.15. The van der Waals surface area contributed by atoms with Gasteiger partial charge in [0.1, 0.15) is 5.75 Å². The van der Waals surface area contributed by atoms with Crippen LogP contribution in [0.3, 0.4) is 0 Å². The van der Waals surface area contributed by atoms with Gasteiger partial charge in [0.2, 0.25) is 0 Å². The Balaban J connectivity index is 0.00000480. The number of carbonyl (C=O) groups excluding carboxylic acids is 1. The highest BCUT2D eigenvalue weighted by molar-refractivity contribution is 14.0. The van der Waals surface area contributed by atoms with E-state index in [9.17, 15) is 13.6 Å². The minimum Gasteiger partial charge on any atom is -0.434 e. The Morgan fingerprint density at radius 1 is 1.19 bits per heavy atom. The molecule has 0 aliphatic heterocycles. The molecule has 2 aromatic rings. The Morgan fingerprint density at radius 2 is 1.94 bits per heavy atom. The van der Waals surface area contributed by atoms with E-state index in [0.717, 1.165) is 5.56 Å². The van der Waals surface area contributed by atoms with Crippen LogP contribution in [-0.2, 0) is 13.0 Å². The first-order chi connectivity index (χ1) is 14.3. The third-order valence-corrected chi connectivity index (χ3v) is 4.43. The highest BCUT2D eigenvalue weighted by atomic mass is 127. The maximum absolute atomic E-state index is 12.6. The first kappa shape index (κ1) is 26.9. The van der Waals surface area contributed by atoms with Crippen molar-refractivity contribution in [3.63, 3.8) is 0 Å². The van der Waals surface area contributed by atoms with Crippen molar-refractivity contribution in [2.24, 2.45) is 4.99 Å². The summed E-state index contributed by atoms with van der Waals surface area (Å²) in [4.78, 5) is 17.7. The monoisotopic (exact) mass is 566 g/mol. The van der Waals surface area contributed by atoms with Gasteiger partial charge in [0, 0.05) is 50.4 Å². The SMILES string of the molecule is CN=C(NCCc1cccc(C(=O)N(C)C)c1)NCc1cc(Cl)ccc1OC(F)F.I. The number of alkyl halides is 2. The number of amides is 1. The summed E-state index contributed by atoms with van der Waals surface area (Å²) in [5.41, 5.74) is 2.13. The van der Waals surface area contributed by atoms with Crippen molar-refractivity contribution in [2.45, 2.75) is 19.6 Å². The van der Waals surface area contributed by atoms with E-state index in [-0.39, 0.29) is 42.2 Å². The molecular formula is C21H26ClF2IN4O2. The van der Waals surface area contributed by atoms with Crippen molar-refractivity contribution in [1.29, 1.82) is 0 Å². The van der Waals surface area contributed by atoms with Crippen molar-refractivity contribution in [3.8, 4) is 5.75 Å². The van der Waals surface area contributed by atoms with Crippen LogP contribution in [0.1, 0.15) is 21.5 Å². The number of ether oxygens (including phenoxy) is 1.